The summed E-state index contributed by atoms with van der Waals surface area (Å²) < 4.78 is 10.6. The van der Waals surface area contributed by atoms with Gasteiger partial charge in [-0.1, -0.05) is 24.6 Å². The Kier molecular flexibility index (Phi) is 10.8. The molecule has 43 heavy (non-hydrogen) atoms. The molecule has 2 amide bonds. The van der Waals surface area contributed by atoms with Crippen molar-refractivity contribution in [1.29, 1.82) is 0 Å². The van der Waals surface area contributed by atoms with Crippen LogP contribution in [-0.2, 0) is 14.3 Å². The summed E-state index contributed by atoms with van der Waals surface area (Å²) in [6, 6.07) is 15.8. The van der Waals surface area contributed by atoms with Crippen LogP contribution in [0, 0.1) is 0 Å². The Balaban J connectivity index is 1.34. The average molecular weight is 590 g/mol. The van der Waals surface area contributed by atoms with Gasteiger partial charge in [0.2, 0.25) is 5.91 Å². The van der Waals surface area contributed by atoms with Gasteiger partial charge in [-0.25, -0.2) is 9.59 Å². The summed E-state index contributed by atoms with van der Waals surface area (Å²) in [6.07, 6.45) is 4.10. The molecule has 1 aromatic heterocycles. The highest BCUT2D eigenvalue weighted by atomic mass is 16.6. The number of hydrogen-bond acceptors (Lipinski definition) is 8. The van der Waals surface area contributed by atoms with Crippen molar-refractivity contribution in [3.8, 4) is 0 Å². The minimum Gasteiger partial charge on any atom is -0.462 e. The summed E-state index contributed by atoms with van der Waals surface area (Å²) in [7, 11) is 0. The predicted molar refractivity (Wildman–Crippen MR) is 169 cm³/mol. The first-order chi connectivity index (χ1) is 20.6. The fourth-order valence-electron chi connectivity index (χ4n) is 5.00. The maximum atomic E-state index is 12.8. The first-order valence-electron chi connectivity index (χ1n) is 15.1. The molecule has 230 valence electrons. The molecule has 2 heterocycles. The Bertz CT molecular complexity index is 1400. The fourth-order valence-corrected chi connectivity index (χ4v) is 5.00. The van der Waals surface area contributed by atoms with Crippen molar-refractivity contribution in [2.45, 2.75) is 59.0 Å². The minimum absolute atomic E-state index is 0.163. The van der Waals surface area contributed by atoms with E-state index in [1.54, 1.807) is 13.1 Å². The lowest BCUT2D eigenvalue weighted by Crippen LogP contribution is -2.48. The molecule has 0 bridgehead atoms. The van der Waals surface area contributed by atoms with E-state index in [2.05, 4.69) is 26.6 Å². The number of amides is 2. The van der Waals surface area contributed by atoms with E-state index in [9.17, 15) is 14.4 Å². The molecule has 0 unspecified atom stereocenters. The molecule has 0 atom stereocenters. The van der Waals surface area contributed by atoms with E-state index >= 15 is 0 Å². The molecule has 10 heteroatoms. The second-order valence-electron chi connectivity index (χ2n) is 11.6. The van der Waals surface area contributed by atoms with Crippen LogP contribution < -0.4 is 15.5 Å². The zero-order valence-corrected chi connectivity index (χ0v) is 25.7. The Morgan fingerprint density at radius 3 is 2.40 bits per heavy atom. The number of ether oxygens (including phenoxy) is 2. The molecule has 2 aromatic carbocycles. The van der Waals surface area contributed by atoms with Gasteiger partial charge in [0.15, 0.2) is 0 Å². The predicted octanol–water partition coefficient (Wildman–Crippen LogP) is 5.89. The van der Waals surface area contributed by atoms with Crippen LogP contribution in [0.25, 0.3) is 10.9 Å². The lowest BCUT2D eigenvalue weighted by Gasteiger charge is -2.36. The standard InChI is InChI=1S/C33H43N5O5/c1-5-42-31(40)27-23-35-28-16-15-25(22-26(28)30(27)36-24-12-8-6-9-13-24)37-18-20-38(21-19-37)29(39)14-10-7-11-17-34-32(41)43-33(2,3)4/h6,8-9,12-13,15-16,22-23H,5,7,10-11,14,17-21H2,1-4H3,(H,34,41)(H,35,36). The Morgan fingerprint density at radius 1 is 0.953 bits per heavy atom. The first-order valence-corrected chi connectivity index (χ1v) is 15.1. The maximum Gasteiger partial charge on any atom is 0.407 e. The van der Waals surface area contributed by atoms with E-state index < -0.39 is 17.7 Å². The van der Waals surface area contributed by atoms with Gasteiger partial charge < -0.3 is 29.9 Å². The van der Waals surface area contributed by atoms with Crippen LogP contribution in [0.15, 0.2) is 54.7 Å². The molecule has 1 aliphatic rings. The number of carbonyl (C=O) groups is 3. The quantitative estimate of drug-likeness (QED) is 0.210. The van der Waals surface area contributed by atoms with Gasteiger partial charge >= 0.3 is 12.1 Å². The number of nitrogens with one attached hydrogen (secondary N) is 2. The van der Waals surface area contributed by atoms with Crippen LogP contribution in [0.5, 0.6) is 0 Å². The molecule has 3 aromatic rings. The number of hydrogen-bond donors (Lipinski definition) is 2. The van der Waals surface area contributed by atoms with Crippen molar-refractivity contribution in [3.63, 3.8) is 0 Å². The highest BCUT2D eigenvalue weighted by Gasteiger charge is 2.23. The lowest BCUT2D eigenvalue weighted by molar-refractivity contribution is -0.131. The van der Waals surface area contributed by atoms with Gasteiger partial charge in [0.05, 0.1) is 17.8 Å². The van der Waals surface area contributed by atoms with E-state index in [1.165, 1.54) is 0 Å². The van der Waals surface area contributed by atoms with E-state index in [-0.39, 0.29) is 12.5 Å². The minimum atomic E-state index is -0.512. The van der Waals surface area contributed by atoms with Gasteiger partial charge in [-0.3, -0.25) is 9.78 Å². The molecular weight excluding hydrogens is 546 g/mol. The van der Waals surface area contributed by atoms with E-state index in [0.29, 0.717) is 50.4 Å². The van der Waals surface area contributed by atoms with Gasteiger partial charge in [-0.05, 0) is 70.9 Å². The number of benzene rings is 2. The second-order valence-corrected chi connectivity index (χ2v) is 11.6. The van der Waals surface area contributed by atoms with Crippen molar-refractivity contribution >= 4 is 45.9 Å². The third-order valence-electron chi connectivity index (χ3n) is 7.12. The fraction of sp³-hybridized carbons (Fsp3) is 0.455. The molecule has 1 aliphatic heterocycles. The molecular formula is C33H43N5O5. The third kappa shape index (κ3) is 9.07. The Labute approximate surface area is 253 Å². The van der Waals surface area contributed by atoms with Crippen LogP contribution in [-0.4, -0.2) is 72.8 Å². The SMILES string of the molecule is CCOC(=O)c1cnc2ccc(N3CCN(C(=O)CCCCCNC(=O)OC(C)(C)C)CC3)cc2c1Nc1ccccc1. The zero-order valence-electron chi connectivity index (χ0n) is 25.7. The second kappa shape index (κ2) is 14.7. The number of piperazine rings is 1. The molecule has 0 aliphatic carbocycles. The number of fused-ring (bicyclic) bond motifs is 1. The largest absolute Gasteiger partial charge is 0.462 e. The molecule has 1 saturated heterocycles. The number of unbranched alkanes of at least 4 members (excludes halogenated alkanes) is 2. The summed E-state index contributed by atoms with van der Waals surface area (Å²) in [5.74, 6) is -0.261. The zero-order chi connectivity index (χ0) is 30.8. The van der Waals surface area contributed by atoms with Gasteiger partial charge in [0.1, 0.15) is 11.2 Å². The topological polar surface area (TPSA) is 113 Å². The van der Waals surface area contributed by atoms with Crippen LogP contribution in [0.3, 0.4) is 0 Å². The monoisotopic (exact) mass is 589 g/mol. The number of nitrogens with zero attached hydrogens (tertiary/aromatic N) is 3. The summed E-state index contributed by atoms with van der Waals surface area (Å²) >= 11 is 0. The van der Waals surface area contributed by atoms with Crippen LogP contribution >= 0.6 is 0 Å². The highest BCUT2D eigenvalue weighted by Crippen LogP contribution is 2.33. The molecule has 0 saturated carbocycles. The molecule has 0 spiro atoms. The van der Waals surface area contributed by atoms with Crippen molar-refractivity contribution in [3.05, 3.63) is 60.3 Å². The van der Waals surface area contributed by atoms with Gasteiger partial charge in [0.25, 0.3) is 0 Å². The van der Waals surface area contributed by atoms with Crippen molar-refractivity contribution in [1.82, 2.24) is 15.2 Å². The van der Waals surface area contributed by atoms with Gasteiger partial charge in [-0.2, -0.15) is 0 Å². The number of anilines is 3. The van der Waals surface area contributed by atoms with E-state index in [0.717, 1.165) is 41.5 Å². The molecule has 2 N–H and O–H groups in total. The van der Waals surface area contributed by atoms with Crippen molar-refractivity contribution in [2.24, 2.45) is 0 Å². The number of aromatic nitrogens is 1. The van der Waals surface area contributed by atoms with E-state index in [4.69, 9.17) is 9.47 Å². The number of para-hydroxylation sites is 1. The normalized spacial score (nSPS) is 13.5. The van der Waals surface area contributed by atoms with Crippen molar-refractivity contribution in [2.75, 3.05) is 49.5 Å². The molecule has 1 fully saturated rings. The highest BCUT2D eigenvalue weighted by molar-refractivity contribution is 6.06. The third-order valence-corrected chi connectivity index (χ3v) is 7.12. The lowest BCUT2D eigenvalue weighted by atomic mass is 10.1. The van der Waals surface area contributed by atoms with Gasteiger partial charge in [0, 0.05) is 62.1 Å². The number of esters is 1. The first kappa shape index (κ1) is 31.6. The van der Waals surface area contributed by atoms with Crippen LogP contribution in [0.1, 0.15) is 63.7 Å². The number of rotatable bonds is 11. The number of pyridine rings is 1. The Hall–Kier alpha value is -4.34. The molecule has 10 nitrogen and oxygen atoms in total. The Morgan fingerprint density at radius 2 is 1.70 bits per heavy atom. The number of carbonyl (C=O) groups excluding carboxylic acids is 3. The molecule has 0 radical (unpaired) electrons. The molecule has 4 rings (SSSR count). The maximum absolute atomic E-state index is 12.8. The van der Waals surface area contributed by atoms with E-state index in [1.807, 2.05) is 68.1 Å². The number of alkyl carbamates (subject to hydrolysis) is 1. The van der Waals surface area contributed by atoms with Crippen molar-refractivity contribution < 1.29 is 23.9 Å². The summed E-state index contributed by atoms with van der Waals surface area (Å²) in [5.41, 5.74) is 3.17. The summed E-state index contributed by atoms with van der Waals surface area (Å²) in [5, 5.41) is 7.00. The van der Waals surface area contributed by atoms with Crippen LogP contribution in [0.2, 0.25) is 0 Å². The average Bonchev–Trinajstić information content (AvgIpc) is 2.98. The smallest absolute Gasteiger partial charge is 0.407 e. The van der Waals surface area contributed by atoms with Gasteiger partial charge in [-0.15, -0.1) is 0 Å². The summed E-state index contributed by atoms with van der Waals surface area (Å²) in [4.78, 5) is 46.1. The van der Waals surface area contributed by atoms with Crippen LogP contribution in [0.4, 0.5) is 21.9 Å². The summed E-state index contributed by atoms with van der Waals surface area (Å²) in [6.45, 7) is 10.8.